The van der Waals surface area contributed by atoms with Crippen LogP contribution in [0.2, 0.25) is 0 Å². The third-order valence-electron chi connectivity index (χ3n) is 4.65. The van der Waals surface area contributed by atoms with Crippen LogP contribution in [-0.2, 0) is 9.59 Å². The fourth-order valence-corrected chi connectivity index (χ4v) is 3.24. The van der Waals surface area contributed by atoms with Crippen molar-refractivity contribution in [3.05, 3.63) is 0 Å². The summed E-state index contributed by atoms with van der Waals surface area (Å²) >= 11 is 0. The second kappa shape index (κ2) is 7.05. The minimum Gasteiger partial charge on any atom is -0.277 e. The van der Waals surface area contributed by atoms with Gasteiger partial charge in [-0.1, -0.05) is 33.1 Å². The molecular formula is C14H22N2NaO3. The topological polar surface area (TPSA) is 66.5 Å². The number of amides is 4. The quantitative estimate of drug-likeness (QED) is 0.636. The first-order valence-electron chi connectivity index (χ1n) is 7.26. The summed E-state index contributed by atoms with van der Waals surface area (Å²) in [6.45, 7) is 3.66. The molecule has 0 aromatic carbocycles. The van der Waals surface area contributed by atoms with Crippen LogP contribution in [0.15, 0.2) is 0 Å². The molecule has 0 aromatic heterocycles. The summed E-state index contributed by atoms with van der Waals surface area (Å²) < 4.78 is 0. The third-order valence-corrected chi connectivity index (χ3v) is 4.65. The van der Waals surface area contributed by atoms with E-state index in [9.17, 15) is 14.4 Å². The maximum Gasteiger partial charge on any atom is 0.331 e. The summed E-state index contributed by atoms with van der Waals surface area (Å²) in [5.74, 6) is -0.724. The van der Waals surface area contributed by atoms with Crippen molar-refractivity contribution in [2.45, 2.75) is 64.8 Å². The van der Waals surface area contributed by atoms with E-state index in [0.717, 1.165) is 32.1 Å². The number of urea groups is 1. The fourth-order valence-electron chi connectivity index (χ4n) is 3.24. The normalized spacial score (nSPS) is 23.3. The minimum atomic E-state index is -1.05. The van der Waals surface area contributed by atoms with Crippen LogP contribution in [-0.4, -0.2) is 58.3 Å². The number of imide groups is 2. The van der Waals surface area contributed by atoms with Crippen molar-refractivity contribution in [2.75, 3.05) is 0 Å². The van der Waals surface area contributed by atoms with Gasteiger partial charge in [-0.05, 0) is 25.7 Å². The van der Waals surface area contributed by atoms with Gasteiger partial charge in [-0.25, -0.2) is 4.79 Å². The molecule has 0 spiro atoms. The molecule has 0 unspecified atom stereocenters. The maximum atomic E-state index is 12.7. The zero-order chi connectivity index (χ0) is 14.0. The van der Waals surface area contributed by atoms with Gasteiger partial charge in [0.05, 0.1) is 0 Å². The van der Waals surface area contributed by atoms with Gasteiger partial charge in [-0.2, -0.15) is 0 Å². The number of nitrogens with zero attached hydrogens (tertiary/aromatic N) is 1. The number of barbiturate groups is 1. The Bertz CT molecular complexity index is 401. The first-order chi connectivity index (χ1) is 9.06. The molecule has 6 heteroatoms. The second-order valence-corrected chi connectivity index (χ2v) is 5.52. The van der Waals surface area contributed by atoms with Crippen molar-refractivity contribution >= 4 is 47.4 Å². The van der Waals surface area contributed by atoms with Crippen molar-refractivity contribution in [2.24, 2.45) is 5.41 Å². The number of hydrogen-bond acceptors (Lipinski definition) is 3. The molecule has 107 valence electrons. The van der Waals surface area contributed by atoms with Crippen LogP contribution in [0, 0.1) is 5.41 Å². The van der Waals surface area contributed by atoms with E-state index < -0.39 is 17.4 Å². The predicted octanol–water partition coefficient (Wildman–Crippen LogP) is 1.82. The van der Waals surface area contributed by atoms with E-state index in [2.05, 4.69) is 5.32 Å². The Labute approximate surface area is 142 Å². The number of rotatable bonds is 3. The van der Waals surface area contributed by atoms with Crippen LogP contribution >= 0.6 is 0 Å². The monoisotopic (exact) mass is 289 g/mol. The van der Waals surface area contributed by atoms with E-state index in [0.29, 0.717) is 12.8 Å². The van der Waals surface area contributed by atoms with E-state index >= 15 is 0 Å². The molecule has 2 fully saturated rings. The maximum absolute atomic E-state index is 12.7. The van der Waals surface area contributed by atoms with Gasteiger partial charge in [0, 0.05) is 35.6 Å². The van der Waals surface area contributed by atoms with Gasteiger partial charge in [-0.15, -0.1) is 0 Å². The molecule has 4 amide bonds. The van der Waals surface area contributed by atoms with Gasteiger partial charge in [-0.3, -0.25) is 19.8 Å². The van der Waals surface area contributed by atoms with Gasteiger partial charge >= 0.3 is 6.03 Å². The molecule has 20 heavy (non-hydrogen) atoms. The molecule has 2 aliphatic rings. The molecule has 0 bridgehead atoms. The summed E-state index contributed by atoms with van der Waals surface area (Å²) in [7, 11) is 0. The van der Waals surface area contributed by atoms with Crippen LogP contribution in [0.4, 0.5) is 4.79 Å². The van der Waals surface area contributed by atoms with Gasteiger partial charge in [0.1, 0.15) is 5.41 Å². The van der Waals surface area contributed by atoms with E-state index in [4.69, 9.17) is 0 Å². The van der Waals surface area contributed by atoms with Gasteiger partial charge < -0.3 is 0 Å². The summed E-state index contributed by atoms with van der Waals surface area (Å²) in [6, 6.07) is -0.564. The Morgan fingerprint density at radius 2 is 1.65 bits per heavy atom. The van der Waals surface area contributed by atoms with Gasteiger partial charge in [0.25, 0.3) is 0 Å². The first-order valence-corrected chi connectivity index (χ1v) is 7.26. The molecular weight excluding hydrogens is 267 g/mol. The molecule has 1 saturated heterocycles. The van der Waals surface area contributed by atoms with Crippen molar-refractivity contribution in [3.8, 4) is 0 Å². The van der Waals surface area contributed by atoms with Gasteiger partial charge in [0.2, 0.25) is 11.8 Å². The molecule has 5 nitrogen and oxygen atoms in total. The number of nitrogens with one attached hydrogen (secondary N) is 1. The van der Waals surface area contributed by atoms with Crippen molar-refractivity contribution in [1.82, 2.24) is 10.2 Å². The van der Waals surface area contributed by atoms with E-state index in [1.54, 1.807) is 0 Å². The van der Waals surface area contributed by atoms with Crippen LogP contribution < -0.4 is 5.32 Å². The Morgan fingerprint density at radius 1 is 1.10 bits per heavy atom. The van der Waals surface area contributed by atoms with Crippen LogP contribution in [0.5, 0.6) is 0 Å². The van der Waals surface area contributed by atoms with Crippen LogP contribution in [0.3, 0.4) is 0 Å². The molecule has 0 atom stereocenters. The Hall–Kier alpha value is -0.390. The van der Waals surface area contributed by atoms with E-state index in [1.165, 1.54) is 4.90 Å². The second-order valence-electron chi connectivity index (χ2n) is 5.52. The molecule has 2 rings (SSSR count). The average molecular weight is 289 g/mol. The molecule has 1 saturated carbocycles. The Balaban J connectivity index is 0.00000200. The zero-order valence-corrected chi connectivity index (χ0v) is 14.7. The van der Waals surface area contributed by atoms with Gasteiger partial charge in [0.15, 0.2) is 0 Å². The third kappa shape index (κ3) is 2.81. The molecule has 1 aliphatic carbocycles. The zero-order valence-electron chi connectivity index (χ0n) is 12.7. The van der Waals surface area contributed by atoms with Crippen LogP contribution in [0.25, 0.3) is 0 Å². The van der Waals surface area contributed by atoms with Crippen molar-refractivity contribution in [3.63, 3.8) is 0 Å². The summed E-state index contributed by atoms with van der Waals surface area (Å²) in [5.41, 5.74) is -1.05. The first kappa shape index (κ1) is 17.7. The van der Waals surface area contributed by atoms with Crippen LogP contribution in [0.1, 0.15) is 58.8 Å². The summed E-state index contributed by atoms with van der Waals surface area (Å²) in [6.07, 6.45) is 5.83. The smallest absolute Gasteiger partial charge is 0.277 e. The minimum absolute atomic E-state index is 0. The largest absolute Gasteiger partial charge is 0.331 e. The number of carbonyl (C=O) groups excluding carboxylic acids is 3. The molecule has 1 N–H and O–H groups in total. The molecule has 0 aromatic rings. The standard InChI is InChI=1S/C14H22N2O3.Na/c1-3-14(4-2)11(17)15-13(19)16(12(14)18)10-8-6-5-7-9-10;/h10H,3-9H2,1-2H3,(H,15,17,19);. The Morgan fingerprint density at radius 3 is 2.15 bits per heavy atom. The SMILES string of the molecule is CCC1(CC)C(=O)NC(=O)N(C2CCCCC2)C1=O.[Na]. The Kier molecular flexibility index (Phi) is 6.23. The van der Waals surface area contributed by atoms with Crippen molar-refractivity contribution in [1.29, 1.82) is 0 Å². The number of hydrogen-bond donors (Lipinski definition) is 1. The summed E-state index contributed by atoms with van der Waals surface area (Å²) in [4.78, 5) is 38.1. The van der Waals surface area contributed by atoms with E-state index in [-0.39, 0.29) is 41.5 Å². The van der Waals surface area contributed by atoms with Crippen molar-refractivity contribution < 1.29 is 14.4 Å². The summed E-state index contributed by atoms with van der Waals surface area (Å²) in [5, 5.41) is 2.38. The average Bonchev–Trinajstić information content (AvgIpc) is 2.41. The molecule has 1 aliphatic heterocycles. The number of carbonyl (C=O) groups is 3. The van der Waals surface area contributed by atoms with E-state index in [1.807, 2.05) is 13.8 Å². The molecule has 1 radical (unpaired) electrons. The fraction of sp³-hybridized carbons (Fsp3) is 0.786. The predicted molar refractivity (Wildman–Crippen MR) is 76.0 cm³/mol. The molecule has 1 heterocycles.